The number of halogens is 1. The molecule has 1 amide bonds. The number of piperidine rings is 2. The summed E-state index contributed by atoms with van der Waals surface area (Å²) in [5, 5.41) is 3.34. The number of ether oxygens (including phenoxy) is 1. The van der Waals surface area contributed by atoms with Crippen LogP contribution in [0, 0.1) is 11.8 Å². The highest BCUT2D eigenvalue weighted by atomic mass is 35.5. The molecule has 2 saturated heterocycles. The smallest absolute Gasteiger partial charge is 0.281 e. The number of carbonyl (C=O) groups is 1. The van der Waals surface area contributed by atoms with Gasteiger partial charge in [-0.3, -0.25) is 4.79 Å². The summed E-state index contributed by atoms with van der Waals surface area (Å²) in [6.45, 7) is 3.91. The number of anilines is 1. The fourth-order valence-corrected chi connectivity index (χ4v) is 5.66. The van der Waals surface area contributed by atoms with E-state index in [0.717, 1.165) is 12.8 Å². The first kappa shape index (κ1) is 21.4. The van der Waals surface area contributed by atoms with Gasteiger partial charge in [-0.25, -0.2) is 0 Å². The van der Waals surface area contributed by atoms with E-state index in [1.807, 2.05) is 0 Å². The lowest BCUT2D eigenvalue weighted by atomic mass is 9.98. The SMILES string of the molecule is COc1ccc(Cl)cc1NC(=O)C1CCCN(S(=O)(=O)N2CCC(C)CC2)C1. The molecule has 2 aliphatic rings. The van der Waals surface area contributed by atoms with Crippen LogP contribution in [0.15, 0.2) is 18.2 Å². The molecule has 1 atom stereocenters. The summed E-state index contributed by atoms with van der Waals surface area (Å²) in [6, 6.07) is 5.00. The molecule has 1 aromatic rings. The number of nitrogens with one attached hydrogen (secondary N) is 1. The molecule has 0 aromatic heterocycles. The van der Waals surface area contributed by atoms with Crippen molar-refractivity contribution >= 4 is 33.4 Å². The number of hydrogen-bond acceptors (Lipinski definition) is 4. The van der Waals surface area contributed by atoms with Gasteiger partial charge >= 0.3 is 0 Å². The molecule has 1 unspecified atom stereocenters. The molecule has 28 heavy (non-hydrogen) atoms. The van der Waals surface area contributed by atoms with Gasteiger partial charge in [-0.15, -0.1) is 0 Å². The van der Waals surface area contributed by atoms with Crippen LogP contribution in [-0.4, -0.2) is 56.2 Å². The Morgan fingerprint density at radius 2 is 1.89 bits per heavy atom. The van der Waals surface area contributed by atoms with Crippen LogP contribution in [0.2, 0.25) is 5.02 Å². The van der Waals surface area contributed by atoms with Crippen molar-refractivity contribution in [2.24, 2.45) is 11.8 Å². The van der Waals surface area contributed by atoms with E-state index in [0.29, 0.717) is 54.9 Å². The van der Waals surface area contributed by atoms with Gasteiger partial charge in [0.15, 0.2) is 0 Å². The van der Waals surface area contributed by atoms with E-state index in [1.54, 1.807) is 22.5 Å². The Morgan fingerprint density at radius 3 is 2.57 bits per heavy atom. The predicted octanol–water partition coefficient (Wildman–Crippen LogP) is 2.98. The van der Waals surface area contributed by atoms with Crippen molar-refractivity contribution in [1.29, 1.82) is 0 Å². The van der Waals surface area contributed by atoms with Crippen molar-refractivity contribution in [3.63, 3.8) is 0 Å². The van der Waals surface area contributed by atoms with Crippen LogP contribution >= 0.6 is 11.6 Å². The number of hydrogen-bond donors (Lipinski definition) is 1. The Bertz CT molecular complexity index is 809. The minimum absolute atomic E-state index is 0.198. The van der Waals surface area contributed by atoms with Crippen molar-refractivity contribution < 1.29 is 17.9 Å². The fourth-order valence-electron chi connectivity index (χ4n) is 3.76. The lowest BCUT2D eigenvalue weighted by Gasteiger charge is -2.37. The molecule has 1 aromatic carbocycles. The highest BCUT2D eigenvalue weighted by Crippen LogP contribution is 2.30. The van der Waals surface area contributed by atoms with Crippen LogP contribution in [0.5, 0.6) is 5.75 Å². The number of amides is 1. The largest absolute Gasteiger partial charge is 0.495 e. The molecule has 1 N–H and O–H groups in total. The Kier molecular flexibility index (Phi) is 6.85. The van der Waals surface area contributed by atoms with Gasteiger partial charge in [0.1, 0.15) is 5.75 Å². The third-order valence-corrected chi connectivity index (χ3v) is 7.81. The van der Waals surface area contributed by atoms with Gasteiger partial charge in [0.2, 0.25) is 5.91 Å². The first-order valence-corrected chi connectivity index (χ1v) is 11.5. The quantitative estimate of drug-likeness (QED) is 0.780. The Labute approximate surface area is 172 Å². The molecule has 0 saturated carbocycles. The third-order valence-electron chi connectivity index (χ3n) is 5.57. The number of benzene rings is 1. The molecule has 2 fully saturated rings. The maximum Gasteiger partial charge on any atom is 0.281 e. The van der Waals surface area contributed by atoms with E-state index < -0.39 is 16.1 Å². The fraction of sp³-hybridized carbons (Fsp3) is 0.632. The van der Waals surface area contributed by atoms with Gasteiger partial charge in [0.05, 0.1) is 18.7 Å². The monoisotopic (exact) mass is 429 g/mol. The average molecular weight is 430 g/mol. The minimum atomic E-state index is -3.53. The molecular weight excluding hydrogens is 402 g/mol. The molecule has 2 heterocycles. The van der Waals surface area contributed by atoms with Crippen molar-refractivity contribution in [1.82, 2.24) is 8.61 Å². The highest BCUT2D eigenvalue weighted by Gasteiger charge is 2.37. The van der Waals surface area contributed by atoms with Crippen LogP contribution in [0.3, 0.4) is 0 Å². The van der Waals surface area contributed by atoms with Crippen LogP contribution in [0.1, 0.15) is 32.6 Å². The zero-order valence-electron chi connectivity index (χ0n) is 16.4. The van der Waals surface area contributed by atoms with Crippen molar-refractivity contribution in [3.8, 4) is 5.75 Å². The van der Waals surface area contributed by atoms with Crippen molar-refractivity contribution in [2.75, 3.05) is 38.6 Å². The molecule has 2 aliphatic heterocycles. The van der Waals surface area contributed by atoms with Crippen LogP contribution in [-0.2, 0) is 15.0 Å². The maximum atomic E-state index is 13.0. The van der Waals surface area contributed by atoms with Gasteiger partial charge in [-0.05, 0) is 49.8 Å². The summed E-state index contributed by atoms with van der Waals surface area (Å²) >= 11 is 6.02. The second kappa shape index (κ2) is 8.98. The van der Waals surface area contributed by atoms with E-state index in [4.69, 9.17) is 16.3 Å². The lowest BCUT2D eigenvalue weighted by Crippen LogP contribution is -2.51. The average Bonchev–Trinajstić information content (AvgIpc) is 2.68. The van der Waals surface area contributed by atoms with E-state index in [1.165, 1.54) is 11.4 Å². The second-order valence-corrected chi connectivity index (χ2v) is 9.99. The van der Waals surface area contributed by atoms with E-state index in [-0.39, 0.29) is 12.5 Å². The summed E-state index contributed by atoms with van der Waals surface area (Å²) in [5.41, 5.74) is 0.491. The number of rotatable bonds is 5. The van der Waals surface area contributed by atoms with Crippen molar-refractivity contribution in [3.05, 3.63) is 23.2 Å². The van der Waals surface area contributed by atoms with E-state index in [2.05, 4.69) is 12.2 Å². The number of methoxy groups -OCH3 is 1. The van der Waals surface area contributed by atoms with E-state index in [9.17, 15) is 13.2 Å². The van der Waals surface area contributed by atoms with Crippen LogP contribution in [0.25, 0.3) is 0 Å². The minimum Gasteiger partial charge on any atom is -0.495 e. The summed E-state index contributed by atoms with van der Waals surface area (Å²) < 4.78 is 34.3. The molecule has 3 rings (SSSR count). The Morgan fingerprint density at radius 1 is 1.18 bits per heavy atom. The van der Waals surface area contributed by atoms with Crippen LogP contribution in [0.4, 0.5) is 5.69 Å². The van der Waals surface area contributed by atoms with Gasteiger partial charge in [0, 0.05) is 31.2 Å². The summed E-state index contributed by atoms with van der Waals surface area (Å²) in [7, 11) is -2.01. The van der Waals surface area contributed by atoms with Gasteiger partial charge in [-0.2, -0.15) is 17.0 Å². The maximum absolute atomic E-state index is 13.0. The third kappa shape index (κ3) is 4.79. The molecule has 0 spiro atoms. The van der Waals surface area contributed by atoms with Gasteiger partial charge in [-0.1, -0.05) is 18.5 Å². The number of carbonyl (C=O) groups excluding carboxylic acids is 1. The lowest BCUT2D eigenvalue weighted by molar-refractivity contribution is -0.120. The first-order valence-electron chi connectivity index (χ1n) is 9.71. The topological polar surface area (TPSA) is 79.0 Å². The zero-order chi connectivity index (χ0) is 20.3. The Balaban J connectivity index is 1.67. The summed E-state index contributed by atoms with van der Waals surface area (Å²) in [6.07, 6.45) is 3.07. The molecule has 9 heteroatoms. The summed E-state index contributed by atoms with van der Waals surface area (Å²) in [5.74, 6) is 0.447. The Hall–Kier alpha value is -1.35. The molecule has 156 valence electrons. The molecule has 0 bridgehead atoms. The first-order chi connectivity index (χ1) is 13.3. The second-order valence-electron chi connectivity index (χ2n) is 7.62. The standard InChI is InChI=1S/C19H28ClN3O4S/c1-14-7-10-22(11-8-14)28(25,26)23-9-3-4-15(13-23)19(24)21-17-12-16(20)5-6-18(17)27-2/h5-6,12,14-15H,3-4,7-11,13H2,1-2H3,(H,21,24). The molecule has 0 radical (unpaired) electrons. The predicted molar refractivity (Wildman–Crippen MR) is 110 cm³/mol. The number of nitrogens with zero attached hydrogens (tertiary/aromatic N) is 2. The van der Waals surface area contributed by atoms with Gasteiger partial charge < -0.3 is 10.1 Å². The van der Waals surface area contributed by atoms with Gasteiger partial charge in [0.25, 0.3) is 10.2 Å². The van der Waals surface area contributed by atoms with E-state index >= 15 is 0 Å². The zero-order valence-corrected chi connectivity index (χ0v) is 17.9. The molecular formula is C19H28ClN3O4S. The van der Waals surface area contributed by atoms with Crippen molar-refractivity contribution in [2.45, 2.75) is 32.6 Å². The van der Waals surface area contributed by atoms with Crippen LogP contribution < -0.4 is 10.1 Å². The molecule has 7 nitrogen and oxygen atoms in total. The normalized spacial score (nSPS) is 22.8. The highest BCUT2D eigenvalue weighted by molar-refractivity contribution is 7.86. The summed E-state index contributed by atoms with van der Waals surface area (Å²) in [4.78, 5) is 12.8. The molecule has 0 aliphatic carbocycles.